The Morgan fingerprint density at radius 1 is 1.25 bits per heavy atom. The van der Waals surface area contributed by atoms with E-state index in [9.17, 15) is 0 Å². The van der Waals surface area contributed by atoms with Crippen LogP contribution in [0.25, 0.3) is 11.4 Å². The van der Waals surface area contributed by atoms with Crippen LogP contribution in [-0.2, 0) is 4.74 Å². The summed E-state index contributed by atoms with van der Waals surface area (Å²) in [6.07, 6.45) is 1.73. The first-order valence-corrected chi connectivity index (χ1v) is 7.03. The topological polar surface area (TPSA) is 78.9 Å². The first-order chi connectivity index (χ1) is 9.66. The summed E-state index contributed by atoms with van der Waals surface area (Å²) >= 11 is 12.3. The van der Waals surface area contributed by atoms with Crippen LogP contribution in [0.2, 0.25) is 10.0 Å². The highest BCUT2D eigenvalue weighted by atomic mass is 35.5. The quantitative estimate of drug-likeness (QED) is 0.862. The normalized spacial score (nSPS) is 16.5. The van der Waals surface area contributed by atoms with Gasteiger partial charge in [0.05, 0.1) is 16.1 Å². The fourth-order valence-electron chi connectivity index (χ4n) is 2.32. The maximum Gasteiger partial charge on any atom is 0.183 e. The molecule has 2 aromatic rings. The molecule has 2 heterocycles. The lowest BCUT2D eigenvalue weighted by atomic mass is 10.1. The van der Waals surface area contributed by atoms with Crippen LogP contribution in [0.1, 0.15) is 18.9 Å². The summed E-state index contributed by atoms with van der Waals surface area (Å²) in [4.78, 5) is 0. The molecule has 1 aliphatic rings. The molecule has 3 rings (SSSR count). The van der Waals surface area contributed by atoms with Crippen molar-refractivity contribution in [1.82, 2.24) is 20.2 Å². The van der Waals surface area contributed by atoms with Crippen molar-refractivity contribution in [2.45, 2.75) is 18.9 Å². The van der Waals surface area contributed by atoms with Crippen LogP contribution in [-0.4, -0.2) is 33.4 Å². The molecule has 0 atom stereocenters. The first kappa shape index (κ1) is 13.6. The van der Waals surface area contributed by atoms with Gasteiger partial charge in [0.15, 0.2) is 5.82 Å². The van der Waals surface area contributed by atoms with Crippen LogP contribution >= 0.6 is 23.2 Å². The molecule has 0 spiro atoms. The van der Waals surface area contributed by atoms with Gasteiger partial charge in [0.1, 0.15) is 0 Å². The van der Waals surface area contributed by atoms with Gasteiger partial charge < -0.3 is 10.5 Å². The molecule has 0 aliphatic carbocycles. The summed E-state index contributed by atoms with van der Waals surface area (Å²) in [7, 11) is 0. The van der Waals surface area contributed by atoms with E-state index >= 15 is 0 Å². The predicted molar refractivity (Wildman–Crippen MR) is 76.8 cm³/mol. The van der Waals surface area contributed by atoms with Crippen LogP contribution in [0.5, 0.6) is 0 Å². The molecule has 106 valence electrons. The SMILES string of the molecule is Nc1cc(Cl)c(Cl)c(-c2nnnn2C2CCOCC2)c1. The van der Waals surface area contributed by atoms with Crippen molar-refractivity contribution in [2.24, 2.45) is 0 Å². The van der Waals surface area contributed by atoms with E-state index < -0.39 is 0 Å². The number of benzene rings is 1. The number of nitrogens with two attached hydrogens (primary N) is 1. The third-order valence-corrected chi connectivity index (χ3v) is 4.12. The van der Waals surface area contributed by atoms with Crippen LogP contribution in [0.3, 0.4) is 0 Å². The van der Waals surface area contributed by atoms with E-state index in [0.29, 0.717) is 40.3 Å². The Labute approximate surface area is 125 Å². The van der Waals surface area contributed by atoms with E-state index in [0.717, 1.165) is 12.8 Å². The molecule has 0 bridgehead atoms. The Morgan fingerprint density at radius 3 is 2.75 bits per heavy atom. The fraction of sp³-hybridized carbons (Fsp3) is 0.417. The second-order valence-electron chi connectivity index (χ2n) is 4.65. The number of ether oxygens (including phenoxy) is 1. The molecule has 2 N–H and O–H groups in total. The molecule has 0 amide bonds. The minimum Gasteiger partial charge on any atom is -0.399 e. The summed E-state index contributed by atoms with van der Waals surface area (Å²) in [5, 5.41) is 12.7. The van der Waals surface area contributed by atoms with Crippen molar-refractivity contribution in [3.05, 3.63) is 22.2 Å². The summed E-state index contributed by atoms with van der Waals surface area (Å²) in [6.45, 7) is 1.41. The van der Waals surface area contributed by atoms with E-state index in [1.807, 2.05) is 0 Å². The van der Waals surface area contributed by atoms with Gasteiger partial charge in [0, 0.05) is 24.5 Å². The Morgan fingerprint density at radius 2 is 2.00 bits per heavy atom. The molecule has 1 aromatic heterocycles. The molecule has 1 saturated heterocycles. The zero-order valence-electron chi connectivity index (χ0n) is 10.6. The van der Waals surface area contributed by atoms with Crippen LogP contribution in [0.15, 0.2) is 12.1 Å². The van der Waals surface area contributed by atoms with Crippen molar-refractivity contribution < 1.29 is 4.74 Å². The number of halogens is 2. The van der Waals surface area contributed by atoms with Crippen molar-refractivity contribution in [2.75, 3.05) is 18.9 Å². The smallest absolute Gasteiger partial charge is 0.183 e. The molecule has 1 fully saturated rings. The van der Waals surface area contributed by atoms with Gasteiger partial charge in [-0.3, -0.25) is 0 Å². The molecule has 0 unspecified atom stereocenters. The number of tetrazole rings is 1. The number of nitrogens with zero attached hydrogens (tertiary/aromatic N) is 4. The van der Waals surface area contributed by atoms with Gasteiger partial charge in [-0.25, -0.2) is 4.68 Å². The summed E-state index contributed by atoms with van der Waals surface area (Å²) in [5.41, 5.74) is 6.99. The van der Waals surface area contributed by atoms with Crippen molar-refractivity contribution in [3.8, 4) is 11.4 Å². The van der Waals surface area contributed by atoms with Gasteiger partial charge in [-0.15, -0.1) is 5.10 Å². The molecular weight excluding hydrogens is 301 g/mol. The van der Waals surface area contributed by atoms with E-state index in [1.165, 1.54) is 0 Å². The maximum atomic E-state index is 6.25. The first-order valence-electron chi connectivity index (χ1n) is 6.27. The van der Waals surface area contributed by atoms with Gasteiger partial charge in [-0.1, -0.05) is 23.2 Å². The van der Waals surface area contributed by atoms with Crippen molar-refractivity contribution >= 4 is 28.9 Å². The molecular formula is C12H13Cl2N5O. The minimum absolute atomic E-state index is 0.199. The number of nitrogen functional groups attached to an aromatic ring is 1. The van der Waals surface area contributed by atoms with E-state index in [-0.39, 0.29) is 6.04 Å². The molecule has 1 aromatic carbocycles. The second-order valence-corrected chi connectivity index (χ2v) is 5.44. The molecule has 6 nitrogen and oxygen atoms in total. The van der Waals surface area contributed by atoms with Crippen molar-refractivity contribution in [1.29, 1.82) is 0 Å². The van der Waals surface area contributed by atoms with Gasteiger partial charge in [-0.2, -0.15) is 0 Å². The van der Waals surface area contributed by atoms with Gasteiger partial charge >= 0.3 is 0 Å². The molecule has 20 heavy (non-hydrogen) atoms. The van der Waals surface area contributed by atoms with Crippen molar-refractivity contribution in [3.63, 3.8) is 0 Å². The van der Waals surface area contributed by atoms with Crippen LogP contribution in [0, 0.1) is 0 Å². The average Bonchev–Trinajstić information content (AvgIpc) is 2.93. The fourth-order valence-corrected chi connectivity index (χ4v) is 2.74. The summed E-state index contributed by atoms with van der Waals surface area (Å²) in [5.74, 6) is 0.580. The minimum atomic E-state index is 0.199. The lowest BCUT2D eigenvalue weighted by Crippen LogP contribution is -2.21. The second kappa shape index (κ2) is 5.55. The number of hydrogen-bond donors (Lipinski definition) is 1. The Kier molecular flexibility index (Phi) is 3.78. The van der Waals surface area contributed by atoms with Crippen LogP contribution < -0.4 is 5.73 Å². The highest BCUT2D eigenvalue weighted by molar-refractivity contribution is 6.43. The highest BCUT2D eigenvalue weighted by Crippen LogP contribution is 2.36. The Balaban J connectivity index is 2.05. The molecule has 1 aliphatic heterocycles. The molecule has 0 radical (unpaired) electrons. The zero-order chi connectivity index (χ0) is 14.1. The maximum absolute atomic E-state index is 6.25. The van der Waals surface area contributed by atoms with Gasteiger partial charge in [-0.05, 0) is 35.4 Å². The van der Waals surface area contributed by atoms with E-state index in [4.69, 9.17) is 33.7 Å². The third-order valence-electron chi connectivity index (χ3n) is 3.32. The predicted octanol–water partition coefficient (Wildman–Crippen LogP) is 2.58. The van der Waals surface area contributed by atoms with E-state index in [2.05, 4.69) is 15.5 Å². The summed E-state index contributed by atoms with van der Waals surface area (Å²) in [6, 6.07) is 3.54. The standard InChI is InChI=1S/C12H13Cl2N5O/c13-10-6-7(15)5-9(11(10)14)12-16-17-18-19(12)8-1-3-20-4-2-8/h5-6,8H,1-4,15H2. The third kappa shape index (κ3) is 2.46. The highest BCUT2D eigenvalue weighted by Gasteiger charge is 2.23. The Bertz CT molecular complexity index is 624. The summed E-state index contributed by atoms with van der Waals surface area (Å²) < 4.78 is 7.13. The van der Waals surface area contributed by atoms with E-state index in [1.54, 1.807) is 16.8 Å². The number of anilines is 1. The number of rotatable bonds is 2. The largest absolute Gasteiger partial charge is 0.399 e. The van der Waals surface area contributed by atoms with Crippen LogP contribution in [0.4, 0.5) is 5.69 Å². The number of aromatic nitrogens is 4. The lowest BCUT2D eigenvalue weighted by molar-refractivity contribution is 0.0662. The zero-order valence-corrected chi connectivity index (χ0v) is 12.1. The Hall–Kier alpha value is -1.37. The number of hydrogen-bond acceptors (Lipinski definition) is 5. The lowest BCUT2D eigenvalue weighted by Gasteiger charge is -2.22. The molecule has 0 saturated carbocycles. The average molecular weight is 314 g/mol. The van der Waals surface area contributed by atoms with Gasteiger partial charge in [0.25, 0.3) is 0 Å². The monoisotopic (exact) mass is 313 g/mol. The van der Waals surface area contributed by atoms with Gasteiger partial charge in [0.2, 0.25) is 0 Å². The molecule has 8 heteroatoms.